The van der Waals surface area contributed by atoms with Crippen molar-refractivity contribution >= 4 is 40.7 Å². The summed E-state index contributed by atoms with van der Waals surface area (Å²) in [5.74, 6) is 2.33. The molecule has 1 saturated heterocycles. The molecule has 2 atom stereocenters. The molecule has 0 bridgehead atoms. The number of ketones is 1. The molecule has 0 spiro atoms. The van der Waals surface area contributed by atoms with Gasteiger partial charge in [-0.2, -0.15) is 11.8 Å². The zero-order valence-corrected chi connectivity index (χ0v) is 13.4. The van der Waals surface area contributed by atoms with Crippen LogP contribution in [0.2, 0.25) is 10.0 Å². The quantitative estimate of drug-likeness (QED) is 0.783. The van der Waals surface area contributed by atoms with Crippen LogP contribution >= 0.6 is 35.0 Å². The van der Waals surface area contributed by atoms with Crippen LogP contribution in [0.15, 0.2) is 18.2 Å². The lowest BCUT2D eigenvalue weighted by molar-refractivity contribution is 0.0831. The highest BCUT2D eigenvalue weighted by molar-refractivity contribution is 7.99. The maximum absolute atomic E-state index is 12.5. The summed E-state index contributed by atoms with van der Waals surface area (Å²) < 4.78 is 0. The van der Waals surface area contributed by atoms with E-state index in [1.165, 1.54) is 5.75 Å². The van der Waals surface area contributed by atoms with Gasteiger partial charge in [0.25, 0.3) is 0 Å². The Bertz CT molecular complexity index is 475. The van der Waals surface area contributed by atoms with Crippen LogP contribution in [0.1, 0.15) is 23.7 Å². The molecule has 1 heterocycles. The first-order valence-corrected chi connectivity index (χ1v) is 8.20. The fourth-order valence-electron chi connectivity index (χ4n) is 2.26. The summed E-state index contributed by atoms with van der Waals surface area (Å²) in [5, 5.41) is 0.980. The second-order valence-corrected chi connectivity index (χ2v) is 6.84. The third-order valence-corrected chi connectivity index (χ3v) is 5.36. The maximum atomic E-state index is 12.5. The number of Topliss-reactive ketones (excluding diaryl/α,β-unsaturated/α-hetero) is 1. The molecule has 1 fully saturated rings. The summed E-state index contributed by atoms with van der Waals surface area (Å²) in [7, 11) is 2.02. The predicted octanol–water partition coefficient (Wildman–Crippen LogP) is 4.00. The number of benzene rings is 1. The fourth-order valence-corrected chi connectivity index (χ4v) is 4.04. The summed E-state index contributed by atoms with van der Waals surface area (Å²) >= 11 is 13.9. The lowest BCUT2D eigenvalue weighted by atomic mass is 10.0. The Labute approximate surface area is 128 Å². The molecule has 19 heavy (non-hydrogen) atoms. The predicted molar refractivity (Wildman–Crippen MR) is 83.7 cm³/mol. The maximum Gasteiger partial charge on any atom is 0.181 e. The van der Waals surface area contributed by atoms with Gasteiger partial charge < -0.3 is 0 Å². The molecular weight excluding hydrogens is 301 g/mol. The lowest BCUT2D eigenvalue weighted by Gasteiger charge is -2.29. The normalized spacial score (nSPS) is 20.8. The van der Waals surface area contributed by atoms with E-state index in [0.717, 1.165) is 12.2 Å². The number of halogens is 2. The Kier molecular flexibility index (Phi) is 5.18. The van der Waals surface area contributed by atoms with Crippen LogP contribution in [-0.2, 0) is 0 Å². The zero-order chi connectivity index (χ0) is 14.0. The number of nitrogens with zero attached hydrogens (tertiary/aromatic N) is 1. The van der Waals surface area contributed by atoms with E-state index in [2.05, 4.69) is 4.90 Å². The molecule has 1 aromatic rings. The van der Waals surface area contributed by atoms with E-state index in [1.807, 2.05) is 25.7 Å². The van der Waals surface area contributed by atoms with Crippen molar-refractivity contribution in [1.82, 2.24) is 4.90 Å². The lowest BCUT2D eigenvalue weighted by Crippen LogP contribution is -2.43. The zero-order valence-electron chi connectivity index (χ0n) is 11.0. The van der Waals surface area contributed by atoms with E-state index in [9.17, 15) is 4.79 Å². The molecular formula is C14H17Cl2NOS. The Balaban J connectivity index is 2.13. The van der Waals surface area contributed by atoms with Gasteiger partial charge in [0.15, 0.2) is 5.78 Å². The van der Waals surface area contributed by atoms with Crippen LogP contribution < -0.4 is 0 Å². The Morgan fingerprint density at radius 2 is 2.21 bits per heavy atom. The van der Waals surface area contributed by atoms with Gasteiger partial charge in [-0.15, -0.1) is 0 Å². The van der Waals surface area contributed by atoms with Crippen molar-refractivity contribution in [3.8, 4) is 0 Å². The second-order valence-electron chi connectivity index (χ2n) is 4.85. The van der Waals surface area contributed by atoms with E-state index in [-0.39, 0.29) is 11.8 Å². The van der Waals surface area contributed by atoms with Crippen LogP contribution in [0.5, 0.6) is 0 Å². The van der Waals surface area contributed by atoms with Gasteiger partial charge in [0.1, 0.15) is 0 Å². The number of thioether (sulfide) groups is 1. The summed E-state index contributed by atoms with van der Waals surface area (Å²) in [5.41, 5.74) is 0.552. The van der Waals surface area contributed by atoms with Crippen molar-refractivity contribution in [3.05, 3.63) is 33.8 Å². The SMILES string of the molecule is CC(C(=O)c1ccc(Cl)cc1Cl)N(C)C1CCSC1. The minimum absolute atomic E-state index is 0.0565. The van der Waals surface area contributed by atoms with Crippen LogP contribution in [0.25, 0.3) is 0 Å². The molecule has 0 radical (unpaired) electrons. The molecule has 104 valence electrons. The Hall–Kier alpha value is -0.220. The van der Waals surface area contributed by atoms with Gasteiger partial charge >= 0.3 is 0 Å². The number of likely N-dealkylation sites (N-methyl/N-ethyl adjacent to an activating group) is 1. The summed E-state index contributed by atoms with van der Waals surface area (Å²) in [6, 6.07) is 5.35. The number of rotatable bonds is 4. The van der Waals surface area contributed by atoms with E-state index < -0.39 is 0 Å². The second kappa shape index (κ2) is 6.49. The topological polar surface area (TPSA) is 20.3 Å². The molecule has 1 aliphatic heterocycles. The fraction of sp³-hybridized carbons (Fsp3) is 0.500. The van der Waals surface area contributed by atoms with Crippen LogP contribution in [0.4, 0.5) is 0 Å². The van der Waals surface area contributed by atoms with E-state index in [1.54, 1.807) is 18.2 Å². The number of carbonyl (C=O) groups is 1. The van der Waals surface area contributed by atoms with Gasteiger partial charge in [-0.3, -0.25) is 9.69 Å². The molecule has 0 amide bonds. The van der Waals surface area contributed by atoms with Crippen molar-refractivity contribution in [2.24, 2.45) is 0 Å². The monoisotopic (exact) mass is 317 g/mol. The number of carbonyl (C=O) groups excluding carboxylic acids is 1. The minimum atomic E-state index is -0.164. The van der Waals surface area contributed by atoms with Gasteiger partial charge in [0.05, 0.1) is 11.1 Å². The highest BCUT2D eigenvalue weighted by Gasteiger charge is 2.28. The van der Waals surface area contributed by atoms with Gasteiger partial charge in [-0.05, 0) is 44.3 Å². The van der Waals surface area contributed by atoms with E-state index >= 15 is 0 Å². The first-order valence-electron chi connectivity index (χ1n) is 6.29. The van der Waals surface area contributed by atoms with Crippen molar-refractivity contribution in [1.29, 1.82) is 0 Å². The van der Waals surface area contributed by atoms with Gasteiger partial charge in [0, 0.05) is 22.4 Å². The average Bonchev–Trinajstić information content (AvgIpc) is 2.90. The largest absolute Gasteiger partial charge is 0.293 e. The number of hydrogen-bond acceptors (Lipinski definition) is 3. The van der Waals surface area contributed by atoms with Gasteiger partial charge in [-0.1, -0.05) is 23.2 Å². The minimum Gasteiger partial charge on any atom is -0.293 e. The first-order chi connectivity index (χ1) is 9.00. The molecule has 5 heteroatoms. The van der Waals surface area contributed by atoms with Crippen molar-refractivity contribution in [2.75, 3.05) is 18.6 Å². The molecule has 1 aromatic carbocycles. The third-order valence-electron chi connectivity index (χ3n) is 3.67. The summed E-state index contributed by atoms with van der Waals surface area (Å²) in [4.78, 5) is 14.7. The van der Waals surface area contributed by atoms with Gasteiger partial charge in [0.2, 0.25) is 0 Å². The molecule has 1 aliphatic rings. The summed E-state index contributed by atoms with van der Waals surface area (Å²) in [6.07, 6.45) is 1.15. The highest BCUT2D eigenvalue weighted by Crippen LogP contribution is 2.26. The number of hydrogen-bond donors (Lipinski definition) is 0. The van der Waals surface area contributed by atoms with Crippen LogP contribution in [-0.4, -0.2) is 41.3 Å². The van der Waals surface area contributed by atoms with E-state index in [4.69, 9.17) is 23.2 Å². The summed E-state index contributed by atoms with van der Waals surface area (Å²) in [6.45, 7) is 1.94. The average molecular weight is 318 g/mol. The molecule has 0 aromatic heterocycles. The first kappa shape index (κ1) is 15.2. The van der Waals surface area contributed by atoms with Crippen LogP contribution in [0.3, 0.4) is 0 Å². The molecule has 0 aliphatic carbocycles. The third kappa shape index (κ3) is 3.46. The molecule has 2 rings (SSSR count). The molecule has 2 nitrogen and oxygen atoms in total. The van der Waals surface area contributed by atoms with Gasteiger partial charge in [-0.25, -0.2) is 0 Å². The Morgan fingerprint density at radius 3 is 2.79 bits per heavy atom. The molecule has 2 unspecified atom stereocenters. The van der Waals surface area contributed by atoms with Crippen molar-refractivity contribution < 1.29 is 4.79 Å². The highest BCUT2D eigenvalue weighted by atomic mass is 35.5. The van der Waals surface area contributed by atoms with Crippen molar-refractivity contribution in [2.45, 2.75) is 25.4 Å². The molecule has 0 N–H and O–H groups in total. The van der Waals surface area contributed by atoms with E-state index in [0.29, 0.717) is 21.7 Å². The molecule has 0 saturated carbocycles. The Morgan fingerprint density at radius 1 is 1.47 bits per heavy atom. The van der Waals surface area contributed by atoms with Crippen molar-refractivity contribution in [3.63, 3.8) is 0 Å². The standard InChI is InChI=1S/C14H17Cl2NOS/c1-9(17(2)11-5-6-19-8-11)14(18)12-4-3-10(15)7-13(12)16/h3-4,7,9,11H,5-6,8H2,1-2H3. The smallest absolute Gasteiger partial charge is 0.181 e. The van der Waals surface area contributed by atoms with Crippen LogP contribution in [0, 0.1) is 0 Å².